The second-order valence-corrected chi connectivity index (χ2v) is 6.00. The number of unbranched alkanes of at least 4 members (excludes halogenated alkanes) is 1. The Morgan fingerprint density at radius 1 is 1.22 bits per heavy atom. The number of hydrogen-bond acceptors (Lipinski definition) is 5. The van der Waals surface area contributed by atoms with Gasteiger partial charge in [0, 0.05) is 11.8 Å². The number of thiazole rings is 1. The lowest BCUT2D eigenvalue weighted by Gasteiger charge is -2.01. The summed E-state index contributed by atoms with van der Waals surface area (Å²) in [4.78, 5) is 27.4. The first-order chi connectivity index (χ1) is 11.2. The van der Waals surface area contributed by atoms with Gasteiger partial charge in [-0.25, -0.2) is 4.98 Å². The van der Waals surface area contributed by atoms with Gasteiger partial charge < -0.3 is 10.1 Å². The molecule has 0 aliphatic carbocycles. The Bertz CT molecular complexity index is 640. The number of esters is 1. The van der Waals surface area contributed by atoms with Crippen LogP contribution >= 0.6 is 11.3 Å². The van der Waals surface area contributed by atoms with Crippen molar-refractivity contribution in [2.45, 2.75) is 32.1 Å². The standard InChI is InChI=1S/C17H20N2O3S/c1-22-16(21)10-6-5-9-14-12-23-17(18-14)19-15(20)11-13-7-3-2-4-8-13/h2-4,7-8,12H,5-6,9-11H2,1H3,(H,18,19,20). The Morgan fingerprint density at radius 3 is 2.74 bits per heavy atom. The van der Waals surface area contributed by atoms with Crippen LogP contribution in [0.25, 0.3) is 0 Å². The number of anilines is 1. The van der Waals surface area contributed by atoms with Gasteiger partial charge in [0.2, 0.25) is 5.91 Å². The van der Waals surface area contributed by atoms with Crippen molar-refractivity contribution in [2.75, 3.05) is 12.4 Å². The van der Waals surface area contributed by atoms with Crippen LogP contribution in [0.3, 0.4) is 0 Å². The molecule has 0 aliphatic rings. The maximum Gasteiger partial charge on any atom is 0.305 e. The van der Waals surface area contributed by atoms with Crippen molar-refractivity contribution >= 4 is 28.3 Å². The Hall–Kier alpha value is -2.21. The summed E-state index contributed by atoms with van der Waals surface area (Å²) in [5.41, 5.74) is 1.92. The summed E-state index contributed by atoms with van der Waals surface area (Å²) in [5.74, 6) is -0.250. The Labute approximate surface area is 139 Å². The molecule has 122 valence electrons. The molecule has 6 heteroatoms. The van der Waals surface area contributed by atoms with E-state index in [4.69, 9.17) is 0 Å². The fourth-order valence-electron chi connectivity index (χ4n) is 2.10. The summed E-state index contributed by atoms with van der Waals surface area (Å²) in [6.45, 7) is 0. The molecule has 0 bridgehead atoms. The number of carbonyl (C=O) groups is 2. The summed E-state index contributed by atoms with van der Waals surface area (Å²) in [6.07, 6.45) is 3.22. The second kappa shape index (κ2) is 9.05. The van der Waals surface area contributed by atoms with Gasteiger partial charge in [0.25, 0.3) is 0 Å². The third-order valence-corrected chi connectivity index (χ3v) is 4.10. The number of amides is 1. The molecule has 0 saturated carbocycles. The molecular formula is C17H20N2O3S. The third kappa shape index (κ3) is 6.20. The van der Waals surface area contributed by atoms with E-state index in [1.807, 2.05) is 35.7 Å². The van der Waals surface area contributed by atoms with Gasteiger partial charge in [-0.05, 0) is 24.8 Å². The van der Waals surface area contributed by atoms with Crippen molar-refractivity contribution in [3.05, 3.63) is 47.0 Å². The van der Waals surface area contributed by atoms with Crippen molar-refractivity contribution in [2.24, 2.45) is 0 Å². The number of benzene rings is 1. The van der Waals surface area contributed by atoms with E-state index in [2.05, 4.69) is 15.0 Å². The van der Waals surface area contributed by atoms with E-state index in [0.717, 1.165) is 30.5 Å². The monoisotopic (exact) mass is 332 g/mol. The van der Waals surface area contributed by atoms with Crippen LogP contribution < -0.4 is 5.32 Å². The van der Waals surface area contributed by atoms with Crippen molar-refractivity contribution in [1.82, 2.24) is 4.98 Å². The second-order valence-electron chi connectivity index (χ2n) is 5.14. The molecule has 1 N–H and O–H groups in total. The molecule has 1 aromatic carbocycles. The molecule has 1 amide bonds. The average Bonchev–Trinajstić information content (AvgIpc) is 2.99. The molecule has 0 atom stereocenters. The van der Waals surface area contributed by atoms with Gasteiger partial charge in [-0.15, -0.1) is 11.3 Å². The number of carbonyl (C=O) groups excluding carboxylic acids is 2. The molecule has 0 radical (unpaired) electrons. The SMILES string of the molecule is COC(=O)CCCCc1csc(NC(=O)Cc2ccccc2)n1. The van der Waals surface area contributed by atoms with Gasteiger partial charge in [-0.1, -0.05) is 30.3 Å². The zero-order chi connectivity index (χ0) is 16.5. The number of methoxy groups -OCH3 is 1. The van der Waals surface area contributed by atoms with Crippen LogP contribution in [0.5, 0.6) is 0 Å². The van der Waals surface area contributed by atoms with Crippen LogP contribution in [0.2, 0.25) is 0 Å². The fourth-order valence-corrected chi connectivity index (χ4v) is 2.86. The van der Waals surface area contributed by atoms with E-state index in [1.54, 1.807) is 0 Å². The van der Waals surface area contributed by atoms with Crippen LogP contribution in [0.4, 0.5) is 5.13 Å². The topological polar surface area (TPSA) is 68.3 Å². The lowest BCUT2D eigenvalue weighted by atomic mass is 10.1. The molecule has 1 aromatic heterocycles. The smallest absolute Gasteiger partial charge is 0.305 e. The molecule has 2 aromatic rings. The van der Waals surface area contributed by atoms with Crippen molar-refractivity contribution in [3.8, 4) is 0 Å². The zero-order valence-corrected chi connectivity index (χ0v) is 13.9. The molecule has 0 saturated heterocycles. The highest BCUT2D eigenvalue weighted by molar-refractivity contribution is 7.13. The number of nitrogens with zero attached hydrogens (tertiary/aromatic N) is 1. The molecule has 0 aliphatic heterocycles. The molecular weight excluding hydrogens is 312 g/mol. The molecule has 5 nitrogen and oxygen atoms in total. The Balaban J connectivity index is 1.73. The summed E-state index contributed by atoms with van der Waals surface area (Å²) < 4.78 is 4.60. The quantitative estimate of drug-likeness (QED) is 0.595. The number of nitrogens with one attached hydrogen (secondary N) is 1. The minimum absolute atomic E-state index is 0.0669. The largest absolute Gasteiger partial charge is 0.469 e. The number of rotatable bonds is 8. The predicted molar refractivity (Wildman–Crippen MR) is 90.5 cm³/mol. The molecule has 0 unspecified atom stereocenters. The number of ether oxygens (including phenoxy) is 1. The first-order valence-electron chi connectivity index (χ1n) is 7.52. The summed E-state index contributed by atoms with van der Waals surface area (Å²) in [7, 11) is 1.40. The van der Waals surface area contributed by atoms with Gasteiger partial charge in [0.15, 0.2) is 5.13 Å². The highest BCUT2D eigenvalue weighted by Crippen LogP contribution is 2.17. The maximum atomic E-state index is 12.0. The van der Waals surface area contributed by atoms with Crippen LogP contribution in [-0.4, -0.2) is 24.0 Å². The van der Waals surface area contributed by atoms with Crippen molar-refractivity contribution in [3.63, 3.8) is 0 Å². The number of aromatic nitrogens is 1. The zero-order valence-electron chi connectivity index (χ0n) is 13.1. The van der Waals surface area contributed by atoms with Gasteiger partial charge in [-0.2, -0.15) is 0 Å². The van der Waals surface area contributed by atoms with Crippen LogP contribution in [0.1, 0.15) is 30.5 Å². The highest BCUT2D eigenvalue weighted by Gasteiger charge is 2.08. The number of hydrogen-bond donors (Lipinski definition) is 1. The highest BCUT2D eigenvalue weighted by atomic mass is 32.1. The molecule has 2 rings (SSSR count). The van der Waals surface area contributed by atoms with Crippen LogP contribution in [-0.2, 0) is 27.2 Å². The van der Waals surface area contributed by atoms with Crippen LogP contribution in [0, 0.1) is 0 Å². The van der Waals surface area contributed by atoms with E-state index in [0.29, 0.717) is 18.0 Å². The normalized spacial score (nSPS) is 10.3. The summed E-state index contributed by atoms with van der Waals surface area (Å²) >= 11 is 1.42. The minimum atomic E-state index is -0.183. The average molecular weight is 332 g/mol. The van der Waals surface area contributed by atoms with E-state index in [1.165, 1.54) is 18.4 Å². The first-order valence-corrected chi connectivity index (χ1v) is 8.40. The predicted octanol–water partition coefficient (Wildman–Crippen LogP) is 3.21. The van der Waals surface area contributed by atoms with Crippen molar-refractivity contribution < 1.29 is 14.3 Å². The molecule has 23 heavy (non-hydrogen) atoms. The van der Waals surface area contributed by atoms with Crippen LogP contribution in [0.15, 0.2) is 35.7 Å². The van der Waals surface area contributed by atoms with Gasteiger partial charge >= 0.3 is 5.97 Å². The van der Waals surface area contributed by atoms with Gasteiger partial charge in [-0.3, -0.25) is 9.59 Å². The first kappa shape index (κ1) is 17.1. The molecule has 1 heterocycles. The summed E-state index contributed by atoms with van der Waals surface area (Å²) in [5, 5.41) is 5.38. The summed E-state index contributed by atoms with van der Waals surface area (Å²) in [6, 6.07) is 9.61. The van der Waals surface area contributed by atoms with E-state index in [9.17, 15) is 9.59 Å². The van der Waals surface area contributed by atoms with Gasteiger partial charge in [0.1, 0.15) is 0 Å². The number of aryl methyl sites for hydroxylation is 1. The van der Waals surface area contributed by atoms with Gasteiger partial charge in [0.05, 0.1) is 19.2 Å². The maximum absolute atomic E-state index is 12.0. The van der Waals surface area contributed by atoms with Crippen molar-refractivity contribution in [1.29, 1.82) is 0 Å². The Kier molecular flexibility index (Phi) is 6.75. The lowest BCUT2D eigenvalue weighted by molar-refractivity contribution is -0.140. The molecule has 0 fully saturated rings. The van der Waals surface area contributed by atoms with E-state index < -0.39 is 0 Å². The Morgan fingerprint density at radius 2 is 2.00 bits per heavy atom. The minimum Gasteiger partial charge on any atom is -0.469 e. The van der Waals surface area contributed by atoms with E-state index >= 15 is 0 Å². The lowest BCUT2D eigenvalue weighted by Crippen LogP contribution is -2.14. The fraction of sp³-hybridized carbons (Fsp3) is 0.353. The molecule has 0 spiro atoms. The van der Waals surface area contributed by atoms with E-state index in [-0.39, 0.29) is 11.9 Å². The third-order valence-electron chi connectivity index (χ3n) is 3.30.